The average Bonchev–Trinajstić information content (AvgIpc) is 2.72. The number of carbonyl (C=O) groups excluding carboxylic acids is 1. The third-order valence-electron chi connectivity index (χ3n) is 4.02. The van der Waals surface area contributed by atoms with Gasteiger partial charge in [-0.15, -0.1) is 0 Å². The molecule has 6 heteroatoms. The molecule has 0 aliphatic carbocycles. The molecular formula is C20H21N5O. The molecule has 1 N–H and O–H groups in total. The van der Waals surface area contributed by atoms with Crippen LogP contribution in [0.5, 0.6) is 0 Å². The lowest BCUT2D eigenvalue weighted by molar-refractivity contribution is 0.0950. The molecule has 1 amide bonds. The highest BCUT2D eigenvalue weighted by Crippen LogP contribution is 2.07. The monoisotopic (exact) mass is 347 g/mol. The van der Waals surface area contributed by atoms with Crippen molar-refractivity contribution in [1.29, 1.82) is 0 Å². The van der Waals surface area contributed by atoms with Crippen molar-refractivity contribution < 1.29 is 4.79 Å². The number of nitrogens with one attached hydrogen (secondary N) is 1. The number of likely N-dealkylation sites (N-methyl/N-ethyl adjacent to an activating group) is 1. The molecule has 3 rings (SSSR count). The van der Waals surface area contributed by atoms with Crippen LogP contribution >= 0.6 is 0 Å². The minimum atomic E-state index is -0.181. The van der Waals surface area contributed by atoms with E-state index >= 15 is 0 Å². The van der Waals surface area contributed by atoms with E-state index in [1.165, 1.54) is 5.56 Å². The Hall–Kier alpha value is -3.28. The first-order chi connectivity index (χ1) is 12.7. The van der Waals surface area contributed by atoms with Gasteiger partial charge in [0.15, 0.2) is 0 Å². The van der Waals surface area contributed by atoms with E-state index in [0.29, 0.717) is 18.1 Å². The predicted octanol–water partition coefficient (Wildman–Crippen LogP) is 2.48. The molecular weight excluding hydrogens is 326 g/mol. The number of rotatable bonds is 7. The summed E-state index contributed by atoms with van der Waals surface area (Å²) in [5, 5.41) is 2.87. The normalized spacial score (nSPS) is 10.3. The van der Waals surface area contributed by atoms with Crippen LogP contribution in [-0.2, 0) is 13.0 Å². The van der Waals surface area contributed by atoms with Crippen molar-refractivity contribution >= 4 is 11.9 Å². The van der Waals surface area contributed by atoms with Crippen LogP contribution in [0.25, 0.3) is 0 Å². The topological polar surface area (TPSA) is 71.0 Å². The predicted molar refractivity (Wildman–Crippen MR) is 101 cm³/mol. The maximum atomic E-state index is 12.2. The highest BCUT2D eigenvalue weighted by molar-refractivity contribution is 5.93. The Bertz CT molecular complexity index is 822. The molecule has 0 bridgehead atoms. The number of anilines is 1. The van der Waals surface area contributed by atoms with Crippen LogP contribution < -0.4 is 10.2 Å². The van der Waals surface area contributed by atoms with Crippen molar-refractivity contribution in [2.75, 3.05) is 18.5 Å². The Morgan fingerprint density at radius 2 is 1.69 bits per heavy atom. The number of aromatic nitrogens is 3. The standard InChI is InChI=1S/C20H21N5O/c1-25(12-9-16-7-10-21-11-8-16)20-23-14-18(15-24-20)19(26)22-13-17-5-3-2-4-6-17/h2-8,10-11,14-15H,9,12-13H2,1H3,(H,22,26). The fourth-order valence-electron chi connectivity index (χ4n) is 2.46. The third-order valence-corrected chi connectivity index (χ3v) is 4.02. The van der Waals surface area contributed by atoms with E-state index in [1.54, 1.807) is 24.8 Å². The SMILES string of the molecule is CN(CCc1ccncc1)c1ncc(C(=O)NCc2ccccc2)cn1. The van der Waals surface area contributed by atoms with E-state index in [4.69, 9.17) is 0 Å². The summed E-state index contributed by atoms with van der Waals surface area (Å²) in [4.78, 5) is 26.8. The van der Waals surface area contributed by atoms with Crippen molar-refractivity contribution in [3.63, 3.8) is 0 Å². The van der Waals surface area contributed by atoms with Crippen LogP contribution in [0.3, 0.4) is 0 Å². The average molecular weight is 347 g/mol. The summed E-state index contributed by atoms with van der Waals surface area (Å²) in [7, 11) is 1.94. The molecule has 0 radical (unpaired) electrons. The van der Waals surface area contributed by atoms with Gasteiger partial charge in [0.05, 0.1) is 5.56 Å². The number of hydrogen-bond donors (Lipinski definition) is 1. The summed E-state index contributed by atoms with van der Waals surface area (Å²) in [5.41, 5.74) is 2.71. The summed E-state index contributed by atoms with van der Waals surface area (Å²) in [6.07, 6.45) is 7.57. The van der Waals surface area contributed by atoms with E-state index in [2.05, 4.69) is 20.3 Å². The van der Waals surface area contributed by atoms with E-state index in [0.717, 1.165) is 18.5 Å². The molecule has 2 heterocycles. The second-order valence-electron chi connectivity index (χ2n) is 5.97. The molecule has 0 unspecified atom stereocenters. The van der Waals surface area contributed by atoms with Crippen molar-refractivity contribution in [2.24, 2.45) is 0 Å². The van der Waals surface area contributed by atoms with Crippen LogP contribution in [0.15, 0.2) is 67.3 Å². The van der Waals surface area contributed by atoms with E-state index in [-0.39, 0.29) is 5.91 Å². The molecule has 0 saturated heterocycles. The Balaban J connectivity index is 1.53. The van der Waals surface area contributed by atoms with Gasteiger partial charge >= 0.3 is 0 Å². The molecule has 0 spiro atoms. The summed E-state index contributed by atoms with van der Waals surface area (Å²) in [6, 6.07) is 13.8. The molecule has 26 heavy (non-hydrogen) atoms. The van der Waals surface area contributed by atoms with Gasteiger partial charge in [0, 0.05) is 44.9 Å². The van der Waals surface area contributed by atoms with E-state index in [1.807, 2.05) is 54.4 Å². The second-order valence-corrected chi connectivity index (χ2v) is 5.97. The fraction of sp³-hybridized carbons (Fsp3) is 0.200. The van der Waals surface area contributed by atoms with E-state index in [9.17, 15) is 4.79 Å². The van der Waals surface area contributed by atoms with Crippen LogP contribution in [0.2, 0.25) is 0 Å². The molecule has 1 aromatic carbocycles. The van der Waals surface area contributed by atoms with Crippen LogP contribution in [0, 0.1) is 0 Å². The highest BCUT2D eigenvalue weighted by atomic mass is 16.1. The first-order valence-electron chi connectivity index (χ1n) is 8.46. The summed E-state index contributed by atoms with van der Waals surface area (Å²) < 4.78 is 0. The van der Waals surface area contributed by atoms with Gasteiger partial charge in [-0.2, -0.15) is 0 Å². The van der Waals surface area contributed by atoms with Gasteiger partial charge in [-0.3, -0.25) is 9.78 Å². The second kappa shape index (κ2) is 8.71. The number of benzene rings is 1. The van der Waals surface area contributed by atoms with Crippen LogP contribution in [0.4, 0.5) is 5.95 Å². The quantitative estimate of drug-likeness (QED) is 0.711. The maximum Gasteiger partial charge on any atom is 0.254 e. The lowest BCUT2D eigenvalue weighted by Crippen LogP contribution is -2.25. The van der Waals surface area contributed by atoms with Gasteiger partial charge in [0.1, 0.15) is 0 Å². The Labute approximate surface area is 153 Å². The van der Waals surface area contributed by atoms with Crippen molar-refractivity contribution in [3.05, 3.63) is 83.9 Å². The zero-order valence-corrected chi connectivity index (χ0v) is 14.7. The first-order valence-corrected chi connectivity index (χ1v) is 8.46. The molecule has 132 valence electrons. The first kappa shape index (κ1) is 17.5. The summed E-state index contributed by atoms with van der Waals surface area (Å²) in [6.45, 7) is 1.26. The van der Waals surface area contributed by atoms with Crippen LogP contribution in [0.1, 0.15) is 21.5 Å². The Morgan fingerprint density at radius 1 is 1.00 bits per heavy atom. The molecule has 0 saturated carbocycles. The molecule has 2 aromatic heterocycles. The van der Waals surface area contributed by atoms with Gasteiger partial charge in [-0.25, -0.2) is 9.97 Å². The highest BCUT2D eigenvalue weighted by Gasteiger charge is 2.09. The molecule has 0 atom stereocenters. The van der Waals surface area contributed by atoms with E-state index < -0.39 is 0 Å². The molecule has 0 aliphatic heterocycles. The lowest BCUT2D eigenvalue weighted by atomic mass is 10.2. The number of carbonyl (C=O) groups is 1. The number of amides is 1. The summed E-state index contributed by atoms with van der Waals surface area (Å²) >= 11 is 0. The fourth-order valence-corrected chi connectivity index (χ4v) is 2.46. The summed E-state index contributed by atoms with van der Waals surface area (Å²) in [5.74, 6) is 0.415. The third kappa shape index (κ3) is 4.86. The molecule has 0 aliphatic rings. The minimum Gasteiger partial charge on any atom is -0.348 e. The smallest absolute Gasteiger partial charge is 0.254 e. The number of hydrogen-bond acceptors (Lipinski definition) is 5. The maximum absolute atomic E-state index is 12.2. The largest absolute Gasteiger partial charge is 0.348 e. The Kier molecular flexibility index (Phi) is 5.88. The molecule has 6 nitrogen and oxygen atoms in total. The van der Waals surface area contributed by atoms with Gasteiger partial charge < -0.3 is 10.2 Å². The molecule has 0 fully saturated rings. The van der Waals surface area contributed by atoms with Gasteiger partial charge in [0.2, 0.25) is 5.95 Å². The van der Waals surface area contributed by atoms with Gasteiger partial charge in [0.25, 0.3) is 5.91 Å². The van der Waals surface area contributed by atoms with Crippen molar-refractivity contribution in [1.82, 2.24) is 20.3 Å². The van der Waals surface area contributed by atoms with Crippen LogP contribution in [-0.4, -0.2) is 34.5 Å². The minimum absolute atomic E-state index is 0.181. The van der Waals surface area contributed by atoms with Crippen molar-refractivity contribution in [3.8, 4) is 0 Å². The number of nitrogens with zero attached hydrogens (tertiary/aromatic N) is 4. The Morgan fingerprint density at radius 3 is 2.38 bits per heavy atom. The van der Waals surface area contributed by atoms with Crippen molar-refractivity contribution in [2.45, 2.75) is 13.0 Å². The zero-order valence-electron chi connectivity index (χ0n) is 14.7. The number of pyridine rings is 1. The van der Waals surface area contributed by atoms with Gasteiger partial charge in [-0.1, -0.05) is 30.3 Å². The lowest BCUT2D eigenvalue weighted by Gasteiger charge is -2.16. The van der Waals surface area contributed by atoms with Gasteiger partial charge in [-0.05, 0) is 29.7 Å². The zero-order chi connectivity index (χ0) is 18.2. The molecule has 3 aromatic rings.